The van der Waals surface area contributed by atoms with E-state index in [2.05, 4.69) is 0 Å². The van der Waals surface area contributed by atoms with Crippen LogP contribution in [-0.4, -0.2) is 31.3 Å². The molecule has 0 aliphatic carbocycles. The van der Waals surface area contributed by atoms with Gasteiger partial charge in [-0.1, -0.05) is 36.0 Å². The Bertz CT molecular complexity index is 938. The minimum Gasteiger partial charge on any atom is -0.496 e. The minimum atomic E-state index is -4.31. The average Bonchev–Trinajstić information content (AvgIpc) is 2.84. The summed E-state index contributed by atoms with van der Waals surface area (Å²) in [6.45, 7) is 1.02. The molecule has 1 unspecified atom stereocenters. The van der Waals surface area contributed by atoms with Gasteiger partial charge in [-0.05, 0) is 42.7 Å². The third-order valence-electron chi connectivity index (χ3n) is 4.55. The third-order valence-corrected chi connectivity index (χ3v) is 6.76. The number of benzene rings is 2. The Morgan fingerprint density at radius 3 is 2.71 bits per heavy atom. The van der Waals surface area contributed by atoms with Gasteiger partial charge in [-0.25, -0.2) is 4.57 Å². The number of phosphoric acid groups is 1. The zero-order valence-electron chi connectivity index (χ0n) is 15.4. The normalized spacial score (nSPS) is 18.9. The van der Waals surface area contributed by atoms with Gasteiger partial charge < -0.3 is 14.0 Å². The Labute approximate surface area is 168 Å². The lowest BCUT2D eigenvalue weighted by Gasteiger charge is -2.25. The van der Waals surface area contributed by atoms with E-state index in [1.165, 1.54) is 11.8 Å². The van der Waals surface area contributed by atoms with Crippen molar-refractivity contribution in [1.29, 1.82) is 0 Å². The Morgan fingerprint density at radius 2 is 1.93 bits per heavy atom. The van der Waals surface area contributed by atoms with Crippen LogP contribution < -0.4 is 4.74 Å². The van der Waals surface area contributed by atoms with Crippen LogP contribution in [0.15, 0.2) is 52.3 Å². The molecule has 2 aliphatic rings. The van der Waals surface area contributed by atoms with E-state index in [1.54, 1.807) is 13.2 Å². The van der Waals surface area contributed by atoms with Crippen LogP contribution in [0.4, 0.5) is 0 Å². The first-order valence-corrected chi connectivity index (χ1v) is 11.3. The van der Waals surface area contributed by atoms with Gasteiger partial charge in [0.25, 0.3) is 0 Å². The lowest BCUT2D eigenvalue weighted by Crippen LogP contribution is -2.22. The molecule has 0 radical (unpaired) electrons. The summed E-state index contributed by atoms with van der Waals surface area (Å²) in [6.07, 6.45) is 2.54. The van der Waals surface area contributed by atoms with Crippen molar-refractivity contribution in [3.8, 4) is 5.75 Å². The van der Waals surface area contributed by atoms with E-state index in [9.17, 15) is 9.46 Å². The lowest BCUT2D eigenvalue weighted by molar-refractivity contribution is 0.0127. The van der Waals surface area contributed by atoms with Gasteiger partial charge in [0.2, 0.25) is 0 Å². The smallest absolute Gasteiger partial charge is 0.496 e. The molecule has 1 N–H and O–H groups in total. The van der Waals surface area contributed by atoms with Gasteiger partial charge >= 0.3 is 7.82 Å². The number of fused-ring (bicyclic) bond motifs is 2. The maximum Gasteiger partial charge on any atom is 0.527 e. The van der Waals surface area contributed by atoms with Crippen LogP contribution in [0.5, 0.6) is 5.75 Å². The van der Waals surface area contributed by atoms with Crippen LogP contribution in [0.1, 0.15) is 24.0 Å². The predicted octanol–water partition coefficient (Wildman–Crippen LogP) is 4.97. The zero-order valence-corrected chi connectivity index (χ0v) is 17.1. The van der Waals surface area contributed by atoms with Gasteiger partial charge in [-0.2, -0.15) is 0 Å². The fourth-order valence-electron chi connectivity index (χ4n) is 3.19. The molecule has 8 heteroatoms. The average molecular weight is 420 g/mol. The van der Waals surface area contributed by atoms with E-state index in [-0.39, 0.29) is 11.9 Å². The molecule has 148 valence electrons. The Kier molecular flexibility index (Phi) is 5.80. The van der Waals surface area contributed by atoms with Crippen molar-refractivity contribution in [1.82, 2.24) is 0 Å². The molecule has 0 amide bonds. The largest absolute Gasteiger partial charge is 0.527 e. The van der Waals surface area contributed by atoms with Gasteiger partial charge in [-0.15, -0.1) is 0 Å². The van der Waals surface area contributed by atoms with Gasteiger partial charge in [0.15, 0.2) is 0 Å². The standard InChI is InChI=1S/C20H21O6PS/c1-23-17-7-4-6-16-18(13-14-5-2-3-8-19(14)28-20(16)17)26-27(21,22)25-15-9-11-24-12-10-15/h2-8,13,15H,9-12H2,1H3,(H,21,22). The molecule has 1 fully saturated rings. The molecule has 1 saturated heterocycles. The number of ether oxygens (including phenoxy) is 2. The van der Waals surface area contributed by atoms with Crippen molar-refractivity contribution in [2.24, 2.45) is 0 Å². The molecule has 0 saturated carbocycles. The van der Waals surface area contributed by atoms with Crippen molar-refractivity contribution >= 4 is 31.4 Å². The summed E-state index contributed by atoms with van der Waals surface area (Å²) in [5.74, 6) is 0.955. The molecular weight excluding hydrogens is 399 g/mol. The highest BCUT2D eigenvalue weighted by atomic mass is 32.2. The van der Waals surface area contributed by atoms with E-state index in [0.29, 0.717) is 37.4 Å². The number of rotatable bonds is 5. The molecule has 2 aliphatic heterocycles. The van der Waals surface area contributed by atoms with Crippen LogP contribution in [0.25, 0.3) is 11.8 Å². The second-order valence-corrected chi connectivity index (χ2v) is 8.85. The van der Waals surface area contributed by atoms with Crippen molar-refractivity contribution in [3.63, 3.8) is 0 Å². The minimum absolute atomic E-state index is 0.282. The predicted molar refractivity (Wildman–Crippen MR) is 107 cm³/mol. The quantitative estimate of drug-likeness (QED) is 0.685. The molecule has 1 atom stereocenters. The van der Waals surface area contributed by atoms with Crippen LogP contribution in [-0.2, 0) is 18.3 Å². The summed E-state index contributed by atoms with van der Waals surface area (Å²) in [6, 6.07) is 13.3. The summed E-state index contributed by atoms with van der Waals surface area (Å²) in [7, 11) is -2.71. The van der Waals surface area contributed by atoms with E-state index >= 15 is 0 Å². The maximum atomic E-state index is 12.7. The third kappa shape index (κ3) is 4.29. The number of phosphoric ester groups is 1. The summed E-state index contributed by atoms with van der Waals surface area (Å²) in [5, 5.41) is 0. The van der Waals surface area contributed by atoms with E-state index in [4.69, 9.17) is 18.5 Å². The zero-order chi connectivity index (χ0) is 19.6. The second kappa shape index (κ2) is 8.31. The molecule has 2 aromatic rings. The highest BCUT2D eigenvalue weighted by Gasteiger charge is 2.32. The number of hydrogen-bond donors (Lipinski definition) is 1. The second-order valence-electron chi connectivity index (χ2n) is 6.46. The highest BCUT2D eigenvalue weighted by Crippen LogP contribution is 2.53. The van der Waals surface area contributed by atoms with Crippen molar-refractivity contribution < 1.29 is 28.0 Å². The fourth-order valence-corrected chi connectivity index (χ4v) is 5.36. The lowest BCUT2D eigenvalue weighted by atomic mass is 10.1. The SMILES string of the molecule is COc1cccc2c1Sc1ccccc1C=C2OP(=O)(O)OC1CCOCC1. The Balaban J connectivity index is 1.70. The van der Waals surface area contributed by atoms with Gasteiger partial charge in [0.05, 0.1) is 18.1 Å². The molecule has 2 heterocycles. The summed E-state index contributed by atoms with van der Waals surface area (Å²) in [4.78, 5) is 12.2. The van der Waals surface area contributed by atoms with Crippen LogP contribution >= 0.6 is 19.6 Å². The number of hydrogen-bond acceptors (Lipinski definition) is 6. The van der Waals surface area contributed by atoms with E-state index in [0.717, 1.165) is 15.4 Å². The topological polar surface area (TPSA) is 74.2 Å². The monoisotopic (exact) mass is 420 g/mol. The van der Waals surface area contributed by atoms with Crippen molar-refractivity contribution in [2.45, 2.75) is 28.7 Å². The fraction of sp³-hybridized carbons (Fsp3) is 0.300. The first-order chi connectivity index (χ1) is 13.6. The Hall–Kier alpha value is -1.76. The molecule has 2 aromatic carbocycles. The molecule has 6 nitrogen and oxygen atoms in total. The van der Waals surface area contributed by atoms with Gasteiger partial charge in [0, 0.05) is 23.7 Å². The molecular formula is C20H21O6PS. The summed E-state index contributed by atoms with van der Waals surface area (Å²) >= 11 is 1.53. The van der Waals surface area contributed by atoms with Gasteiger partial charge in [-0.3, -0.25) is 9.42 Å². The van der Waals surface area contributed by atoms with Crippen LogP contribution in [0.3, 0.4) is 0 Å². The van der Waals surface area contributed by atoms with Crippen molar-refractivity contribution in [3.05, 3.63) is 53.6 Å². The van der Waals surface area contributed by atoms with Gasteiger partial charge in [0.1, 0.15) is 11.5 Å². The van der Waals surface area contributed by atoms with E-state index < -0.39 is 7.82 Å². The highest BCUT2D eigenvalue weighted by molar-refractivity contribution is 7.99. The maximum absolute atomic E-state index is 12.7. The molecule has 0 aromatic heterocycles. The molecule has 28 heavy (non-hydrogen) atoms. The van der Waals surface area contributed by atoms with Crippen LogP contribution in [0.2, 0.25) is 0 Å². The van der Waals surface area contributed by atoms with Crippen molar-refractivity contribution in [2.75, 3.05) is 20.3 Å². The molecule has 0 spiro atoms. The first-order valence-electron chi connectivity index (χ1n) is 9.00. The Morgan fingerprint density at radius 1 is 1.14 bits per heavy atom. The summed E-state index contributed by atoms with van der Waals surface area (Å²) < 4.78 is 34.5. The van der Waals surface area contributed by atoms with E-state index in [1.807, 2.05) is 42.5 Å². The first kappa shape index (κ1) is 19.6. The number of methoxy groups -OCH3 is 1. The molecule has 4 rings (SSSR count). The molecule has 0 bridgehead atoms. The summed E-state index contributed by atoms with van der Waals surface area (Å²) in [5.41, 5.74) is 1.58. The van der Waals surface area contributed by atoms with Crippen LogP contribution in [0, 0.1) is 0 Å².